The van der Waals surface area contributed by atoms with E-state index in [4.69, 9.17) is 11.5 Å². The molecule has 56 valence electrons. The van der Waals surface area contributed by atoms with Gasteiger partial charge in [0.15, 0.2) is 5.82 Å². The first-order chi connectivity index (χ1) is 4.22. The lowest BCUT2D eigenvalue weighted by molar-refractivity contribution is 1.13. The standard InChI is InChI=1S/C4H6N4O.ClH/c5-2-3(6)7-1-8-4(2)9;/h1H,5H2,(H3,6,7,8,9);1H. The maximum atomic E-state index is 10.5. The number of nitrogens with two attached hydrogens (primary N) is 2. The lowest BCUT2D eigenvalue weighted by Crippen LogP contribution is -2.14. The zero-order chi connectivity index (χ0) is 6.85. The largest absolute Gasteiger partial charge is 0.391 e. The maximum absolute atomic E-state index is 10.5. The van der Waals surface area contributed by atoms with E-state index in [0.717, 1.165) is 0 Å². The molecule has 5 N–H and O–H groups in total. The number of H-pyrrole nitrogens is 1. The monoisotopic (exact) mass is 162 g/mol. The van der Waals surface area contributed by atoms with Crippen molar-refractivity contribution in [2.45, 2.75) is 0 Å². The van der Waals surface area contributed by atoms with Crippen molar-refractivity contribution in [3.8, 4) is 0 Å². The first kappa shape index (κ1) is 8.77. The van der Waals surface area contributed by atoms with Gasteiger partial charge in [-0.2, -0.15) is 0 Å². The van der Waals surface area contributed by atoms with Gasteiger partial charge in [0, 0.05) is 0 Å². The maximum Gasteiger partial charge on any atom is 0.276 e. The van der Waals surface area contributed by atoms with E-state index in [-0.39, 0.29) is 23.9 Å². The molecule has 1 aromatic heterocycles. The second-order valence-electron chi connectivity index (χ2n) is 1.53. The van der Waals surface area contributed by atoms with E-state index >= 15 is 0 Å². The van der Waals surface area contributed by atoms with Gasteiger partial charge in [0.1, 0.15) is 5.69 Å². The van der Waals surface area contributed by atoms with Crippen LogP contribution < -0.4 is 17.0 Å². The van der Waals surface area contributed by atoms with Crippen molar-refractivity contribution >= 4 is 23.9 Å². The molecule has 0 atom stereocenters. The molecule has 0 amide bonds. The number of halogens is 1. The minimum atomic E-state index is -0.400. The van der Waals surface area contributed by atoms with Crippen LogP contribution in [0.4, 0.5) is 11.5 Å². The van der Waals surface area contributed by atoms with Crippen LogP contribution in [0.3, 0.4) is 0 Å². The molecule has 0 unspecified atom stereocenters. The van der Waals surface area contributed by atoms with Gasteiger partial charge in [-0.05, 0) is 0 Å². The number of nitrogens with one attached hydrogen (secondary N) is 1. The Kier molecular flexibility index (Phi) is 2.69. The molecule has 0 aromatic carbocycles. The lowest BCUT2D eigenvalue weighted by atomic mass is 10.5. The van der Waals surface area contributed by atoms with Crippen LogP contribution in [0.15, 0.2) is 11.1 Å². The number of hydrogen-bond acceptors (Lipinski definition) is 4. The molecule has 0 saturated heterocycles. The van der Waals surface area contributed by atoms with Gasteiger partial charge in [-0.15, -0.1) is 12.4 Å². The van der Waals surface area contributed by atoms with E-state index in [1.54, 1.807) is 0 Å². The highest BCUT2D eigenvalue weighted by molar-refractivity contribution is 5.85. The third kappa shape index (κ3) is 1.38. The Morgan fingerprint density at radius 1 is 1.50 bits per heavy atom. The minimum Gasteiger partial charge on any atom is -0.391 e. The Morgan fingerprint density at radius 2 is 2.10 bits per heavy atom. The Bertz CT molecular complexity index is 270. The first-order valence-electron chi connectivity index (χ1n) is 2.30. The molecule has 0 fully saturated rings. The summed E-state index contributed by atoms with van der Waals surface area (Å²) in [6.07, 6.45) is 1.20. The van der Waals surface area contributed by atoms with Crippen LogP contribution in [0.25, 0.3) is 0 Å². The van der Waals surface area contributed by atoms with Crippen LogP contribution >= 0.6 is 12.4 Å². The van der Waals surface area contributed by atoms with E-state index < -0.39 is 5.56 Å². The van der Waals surface area contributed by atoms with Gasteiger partial charge in [0.2, 0.25) is 0 Å². The topological polar surface area (TPSA) is 97.8 Å². The predicted molar refractivity (Wildman–Crippen MR) is 40.9 cm³/mol. The van der Waals surface area contributed by atoms with Crippen molar-refractivity contribution in [2.24, 2.45) is 0 Å². The summed E-state index contributed by atoms with van der Waals surface area (Å²) < 4.78 is 0. The van der Waals surface area contributed by atoms with Crippen LogP contribution in [0.1, 0.15) is 0 Å². The molecule has 0 bridgehead atoms. The van der Waals surface area contributed by atoms with Crippen molar-refractivity contribution < 1.29 is 0 Å². The Labute approximate surface area is 62.9 Å². The average Bonchev–Trinajstić information content (AvgIpc) is 1.83. The van der Waals surface area contributed by atoms with Crippen molar-refractivity contribution in [1.29, 1.82) is 0 Å². The number of aromatic nitrogens is 2. The van der Waals surface area contributed by atoms with E-state index in [0.29, 0.717) is 0 Å². The van der Waals surface area contributed by atoms with Crippen LogP contribution in [-0.2, 0) is 0 Å². The number of rotatable bonds is 0. The van der Waals surface area contributed by atoms with Crippen LogP contribution in [0.5, 0.6) is 0 Å². The highest BCUT2D eigenvalue weighted by Crippen LogP contribution is 1.98. The summed E-state index contributed by atoms with van der Waals surface area (Å²) in [4.78, 5) is 16.3. The average molecular weight is 163 g/mol. The number of hydrogen-bond donors (Lipinski definition) is 3. The van der Waals surface area contributed by atoms with Gasteiger partial charge < -0.3 is 16.5 Å². The van der Waals surface area contributed by atoms with E-state index in [2.05, 4.69) is 9.97 Å². The molecular weight excluding hydrogens is 156 g/mol. The van der Waals surface area contributed by atoms with Gasteiger partial charge >= 0.3 is 0 Å². The summed E-state index contributed by atoms with van der Waals surface area (Å²) in [5, 5.41) is 0. The Morgan fingerprint density at radius 3 is 2.50 bits per heavy atom. The molecule has 5 nitrogen and oxygen atoms in total. The van der Waals surface area contributed by atoms with Crippen LogP contribution in [0.2, 0.25) is 0 Å². The zero-order valence-corrected chi connectivity index (χ0v) is 5.81. The third-order valence-corrected chi connectivity index (χ3v) is 0.920. The van der Waals surface area contributed by atoms with Gasteiger partial charge in [-0.1, -0.05) is 0 Å². The van der Waals surface area contributed by atoms with Crippen molar-refractivity contribution in [1.82, 2.24) is 9.97 Å². The summed E-state index contributed by atoms with van der Waals surface area (Å²) in [6, 6.07) is 0. The van der Waals surface area contributed by atoms with Crippen molar-refractivity contribution in [3.63, 3.8) is 0 Å². The number of nitrogen functional groups attached to an aromatic ring is 2. The highest BCUT2D eigenvalue weighted by atomic mass is 35.5. The summed E-state index contributed by atoms with van der Waals surface area (Å²) in [6.45, 7) is 0. The molecule has 0 radical (unpaired) electrons. The molecule has 0 aliphatic carbocycles. The summed E-state index contributed by atoms with van der Waals surface area (Å²) in [5.41, 5.74) is 9.88. The van der Waals surface area contributed by atoms with Crippen LogP contribution in [0, 0.1) is 0 Å². The zero-order valence-electron chi connectivity index (χ0n) is 5.00. The normalized spacial score (nSPS) is 8.40. The number of anilines is 2. The molecular formula is C4H7ClN4O. The quantitative estimate of drug-likeness (QED) is 0.473. The predicted octanol–water partition coefficient (Wildman–Crippen LogP) is -0.644. The second kappa shape index (κ2) is 3.07. The summed E-state index contributed by atoms with van der Waals surface area (Å²) >= 11 is 0. The second-order valence-corrected chi connectivity index (χ2v) is 1.53. The van der Waals surface area contributed by atoms with Crippen LogP contribution in [-0.4, -0.2) is 9.97 Å². The van der Waals surface area contributed by atoms with Crippen molar-refractivity contribution in [2.75, 3.05) is 11.5 Å². The van der Waals surface area contributed by atoms with E-state index in [1.165, 1.54) is 6.33 Å². The minimum absolute atomic E-state index is 0. The SMILES string of the molecule is Cl.Nc1nc[nH]c(=O)c1N. The van der Waals surface area contributed by atoms with Gasteiger partial charge in [0.05, 0.1) is 6.33 Å². The smallest absolute Gasteiger partial charge is 0.276 e. The van der Waals surface area contributed by atoms with Gasteiger partial charge in [-0.25, -0.2) is 4.98 Å². The van der Waals surface area contributed by atoms with E-state index in [1.807, 2.05) is 0 Å². The fraction of sp³-hybridized carbons (Fsp3) is 0. The van der Waals surface area contributed by atoms with E-state index in [9.17, 15) is 4.79 Å². The third-order valence-electron chi connectivity index (χ3n) is 0.920. The molecule has 0 aliphatic heterocycles. The Hall–Kier alpha value is -1.23. The molecule has 0 aliphatic rings. The Balaban J connectivity index is 0.000000810. The fourth-order valence-corrected chi connectivity index (χ4v) is 0.424. The summed E-state index contributed by atoms with van der Waals surface area (Å²) in [7, 11) is 0. The molecule has 1 rings (SSSR count). The first-order valence-corrected chi connectivity index (χ1v) is 2.30. The molecule has 1 heterocycles. The molecule has 1 aromatic rings. The molecule has 6 heteroatoms. The summed E-state index contributed by atoms with van der Waals surface area (Å²) in [5.74, 6) is 0.0683. The van der Waals surface area contributed by atoms with Crippen molar-refractivity contribution in [3.05, 3.63) is 16.7 Å². The highest BCUT2D eigenvalue weighted by Gasteiger charge is 1.96. The number of aromatic amines is 1. The molecule has 0 spiro atoms. The van der Waals surface area contributed by atoms with Gasteiger partial charge in [-0.3, -0.25) is 4.79 Å². The fourth-order valence-electron chi connectivity index (χ4n) is 0.424. The molecule has 10 heavy (non-hydrogen) atoms. The number of nitrogens with zero attached hydrogens (tertiary/aromatic N) is 1. The van der Waals surface area contributed by atoms with Gasteiger partial charge in [0.25, 0.3) is 5.56 Å². The molecule has 0 saturated carbocycles. The lowest BCUT2D eigenvalue weighted by Gasteiger charge is -1.92.